The van der Waals surface area contributed by atoms with E-state index < -0.39 is 21.0 Å². The zero-order chi connectivity index (χ0) is 16.0. The first-order chi connectivity index (χ1) is 9.76. The lowest BCUT2D eigenvalue weighted by Crippen LogP contribution is -2.33. The van der Waals surface area contributed by atoms with Crippen molar-refractivity contribution in [1.29, 1.82) is 0 Å². The lowest BCUT2D eigenvalue weighted by molar-refractivity contribution is -0.115. The van der Waals surface area contributed by atoms with Crippen LogP contribution in [0, 0.1) is 0 Å². The molecular weight excluding hydrogens is 292 g/mol. The van der Waals surface area contributed by atoms with Crippen LogP contribution in [-0.2, 0) is 19.4 Å². The van der Waals surface area contributed by atoms with Gasteiger partial charge in [0, 0.05) is 18.3 Å². The first-order valence-electron chi connectivity index (χ1n) is 6.27. The Morgan fingerprint density at radius 3 is 2.38 bits per heavy atom. The molecule has 0 spiro atoms. The molecule has 1 unspecified atom stereocenters. The normalized spacial score (nSPS) is 12.3. The fourth-order valence-electron chi connectivity index (χ4n) is 1.59. The molecule has 2 amide bonds. The summed E-state index contributed by atoms with van der Waals surface area (Å²) in [6.45, 7) is 6.06. The molecule has 0 aliphatic rings. The van der Waals surface area contributed by atoms with Gasteiger partial charge in [-0.2, -0.15) is 0 Å². The van der Waals surface area contributed by atoms with E-state index >= 15 is 0 Å². The zero-order valence-corrected chi connectivity index (χ0v) is 12.7. The lowest BCUT2D eigenvalue weighted by atomic mass is 10.2. The number of nitrogens with one attached hydrogen (secondary N) is 2. The summed E-state index contributed by atoms with van der Waals surface area (Å²) in [7, 11) is -3.56. The molecule has 0 radical (unpaired) electrons. The summed E-state index contributed by atoms with van der Waals surface area (Å²) in [5, 5.41) is 3.91. The van der Waals surface area contributed by atoms with Crippen LogP contribution in [0.25, 0.3) is 0 Å². The van der Waals surface area contributed by atoms with E-state index in [4.69, 9.17) is 0 Å². The first-order valence-corrected chi connectivity index (χ1v) is 7.99. The number of hydrogen-bond donors (Lipinski definition) is 2. The van der Waals surface area contributed by atoms with Gasteiger partial charge in [-0.3, -0.25) is 9.59 Å². The number of carbonyl (C=O) groups excluding carboxylic acids is 2. The maximum absolute atomic E-state index is 12.0. The smallest absolute Gasteiger partial charge is 0.242 e. The molecule has 1 rings (SSSR count). The van der Waals surface area contributed by atoms with Gasteiger partial charge in [0.1, 0.15) is 5.25 Å². The molecule has 2 N–H and O–H groups in total. The first kappa shape index (κ1) is 16.9. The van der Waals surface area contributed by atoms with E-state index in [9.17, 15) is 18.0 Å². The van der Waals surface area contributed by atoms with Crippen LogP contribution in [-0.4, -0.2) is 31.2 Å². The van der Waals surface area contributed by atoms with Gasteiger partial charge in [-0.25, -0.2) is 8.42 Å². The molecule has 0 bridgehead atoms. The molecule has 114 valence electrons. The highest BCUT2D eigenvalue weighted by atomic mass is 32.2. The van der Waals surface area contributed by atoms with Crippen LogP contribution in [0.4, 0.5) is 11.4 Å². The van der Waals surface area contributed by atoms with Gasteiger partial charge in [-0.05, 0) is 25.1 Å². The fourth-order valence-corrected chi connectivity index (χ4v) is 2.60. The molecule has 1 aromatic carbocycles. The Morgan fingerprint density at radius 1 is 1.29 bits per heavy atom. The van der Waals surface area contributed by atoms with Crippen LogP contribution in [0.5, 0.6) is 0 Å². The van der Waals surface area contributed by atoms with Gasteiger partial charge in [0.15, 0.2) is 9.84 Å². The Morgan fingerprint density at radius 2 is 1.86 bits per heavy atom. The van der Waals surface area contributed by atoms with Crippen LogP contribution in [0.1, 0.15) is 13.8 Å². The van der Waals surface area contributed by atoms with Crippen molar-refractivity contribution in [2.24, 2.45) is 0 Å². The minimum Gasteiger partial charge on any atom is -0.326 e. The van der Waals surface area contributed by atoms with E-state index in [0.29, 0.717) is 11.4 Å². The molecule has 1 aromatic rings. The number of rotatable bonds is 6. The van der Waals surface area contributed by atoms with Crippen LogP contribution in [0.2, 0.25) is 0 Å². The van der Waals surface area contributed by atoms with Crippen molar-refractivity contribution >= 4 is 33.0 Å². The molecule has 0 fully saturated rings. The van der Waals surface area contributed by atoms with Crippen molar-refractivity contribution < 1.29 is 18.0 Å². The van der Waals surface area contributed by atoms with E-state index in [0.717, 1.165) is 0 Å². The van der Waals surface area contributed by atoms with Crippen LogP contribution < -0.4 is 10.6 Å². The quantitative estimate of drug-likeness (QED) is 0.780. The third kappa shape index (κ3) is 5.03. The Kier molecular flexibility index (Phi) is 5.66. The predicted molar refractivity (Wildman–Crippen MR) is 82.8 cm³/mol. The van der Waals surface area contributed by atoms with Crippen molar-refractivity contribution in [2.75, 3.05) is 16.4 Å². The van der Waals surface area contributed by atoms with Crippen LogP contribution in [0.15, 0.2) is 36.9 Å². The maximum Gasteiger partial charge on any atom is 0.242 e. The highest BCUT2D eigenvalue weighted by Crippen LogP contribution is 2.16. The summed E-state index contributed by atoms with van der Waals surface area (Å²) in [6, 6.07) is 6.46. The van der Waals surface area contributed by atoms with Crippen LogP contribution >= 0.6 is 0 Å². The van der Waals surface area contributed by atoms with Gasteiger partial charge in [0.05, 0.1) is 5.75 Å². The average molecular weight is 310 g/mol. The average Bonchev–Trinajstić information content (AvgIpc) is 2.37. The van der Waals surface area contributed by atoms with Crippen molar-refractivity contribution in [3.8, 4) is 0 Å². The van der Waals surface area contributed by atoms with E-state index in [2.05, 4.69) is 17.2 Å². The second-order valence-electron chi connectivity index (χ2n) is 4.51. The zero-order valence-electron chi connectivity index (χ0n) is 11.9. The second kappa shape index (κ2) is 7.03. The Balaban J connectivity index is 2.83. The Hall–Kier alpha value is -2.15. The molecule has 0 aliphatic carbocycles. The molecule has 0 saturated heterocycles. The van der Waals surface area contributed by atoms with E-state index in [1.165, 1.54) is 19.9 Å². The van der Waals surface area contributed by atoms with Gasteiger partial charge in [-0.15, -0.1) is 6.58 Å². The monoisotopic (exact) mass is 310 g/mol. The molecule has 0 aromatic heterocycles. The summed E-state index contributed by atoms with van der Waals surface area (Å²) in [6.07, 6.45) is 1.25. The SMILES string of the molecule is C=CCS(=O)(=O)C(C)C(=O)Nc1cccc(NC(C)=O)c1. The molecule has 0 saturated carbocycles. The van der Waals surface area contributed by atoms with E-state index in [1.807, 2.05) is 0 Å². The Bertz CT molecular complexity index is 653. The summed E-state index contributed by atoms with van der Waals surface area (Å²) < 4.78 is 23.6. The fraction of sp³-hybridized carbons (Fsp3) is 0.286. The minimum atomic E-state index is -3.56. The summed E-state index contributed by atoms with van der Waals surface area (Å²) in [5.41, 5.74) is 0.925. The Labute approximate surface area is 124 Å². The van der Waals surface area contributed by atoms with Gasteiger partial charge in [0.2, 0.25) is 11.8 Å². The number of sulfone groups is 1. The van der Waals surface area contributed by atoms with Crippen molar-refractivity contribution in [3.63, 3.8) is 0 Å². The molecule has 1 atom stereocenters. The number of anilines is 2. The number of amides is 2. The van der Waals surface area contributed by atoms with E-state index in [1.54, 1.807) is 24.3 Å². The van der Waals surface area contributed by atoms with Crippen molar-refractivity contribution in [3.05, 3.63) is 36.9 Å². The lowest BCUT2D eigenvalue weighted by Gasteiger charge is -2.13. The largest absolute Gasteiger partial charge is 0.326 e. The molecule has 0 aliphatic heterocycles. The molecule has 21 heavy (non-hydrogen) atoms. The van der Waals surface area contributed by atoms with Gasteiger partial charge < -0.3 is 10.6 Å². The summed E-state index contributed by atoms with van der Waals surface area (Å²) in [5.74, 6) is -1.12. The third-order valence-corrected chi connectivity index (χ3v) is 4.70. The highest BCUT2D eigenvalue weighted by molar-refractivity contribution is 7.92. The van der Waals surface area contributed by atoms with Crippen LogP contribution in [0.3, 0.4) is 0 Å². The summed E-state index contributed by atoms with van der Waals surface area (Å²) in [4.78, 5) is 22.9. The highest BCUT2D eigenvalue weighted by Gasteiger charge is 2.26. The van der Waals surface area contributed by atoms with Crippen molar-refractivity contribution in [2.45, 2.75) is 19.1 Å². The van der Waals surface area contributed by atoms with Gasteiger partial charge in [-0.1, -0.05) is 12.1 Å². The number of hydrogen-bond acceptors (Lipinski definition) is 4. The number of benzene rings is 1. The summed E-state index contributed by atoms with van der Waals surface area (Å²) >= 11 is 0. The van der Waals surface area contributed by atoms with E-state index in [-0.39, 0.29) is 11.7 Å². The third-order valence-electron chi connectivity index (χ3n) is 2.71. The topological polar surface area (TPSA) is 92.3 Å². The predicted octanol–water partition coefficient (Wildman–Crippen LogP) is 1.57. The second-order valence-corrected chi connectivity index (χ2v) is 6.88. The molecule has 7 heteroatoms. The van der Waals surface area contributed by atoms with Gasteiger partial charge in [0.25, 0.3) is 0 Å². The molecule has 6 nitrogen and oxygen atoms in total. The standard InChI is InChI=1S/C14H18N2O4S/c1-4-8-21(19,20)10(2)14(18)16-13-7-5-6-12(9-13)15-11(3)17/h4-7,9-10H,1,8H2,2-3H3,(H,15,17)(H,16,18). The molecular formula is C14H18N2O4S. The maximum atomic E-state index is 12.0. The molecule has 0 heterocycles. The van der Waals surface area contributed by atoms with Crippen molar-refractivity contribution in [1.82, 2.24) is 0 Å². The minimum absolute atomic E-state index is 0.236. The number of carbonyl (C=O) groups is 2. The van der Waals surface area contributed by atoms with Gasteiger partial charge >= 0.3 is 0 Å².